The number of sulfonamides is 1. The van der Waals surface area contributed by atoms with Gasteiger partial charge in [-0.3, -0.25) is 4.79 Å². The first-order valence-corrected chi connectivity index (χ1v) is 7.93. The standard InChI is InChI=1S/C14H21NO3S/c1-4-13(16)10-15-19(17,18)14-7-5-12(6-8-14)9-11(2)3/h5-8,11,15H,4,9-10H2,1-3H3. The summed E-state index contributed by atoms with van der Waals surface area (Å²) in [5, 5.41) is 0. The summed E-state index contributed by atoms with van der Waals surface area (Å²) in [4.78, 5) is 11.3. The number of hydrogen-bond donors (Lipinski definition) is 1. The van der Waals surface area contributed by atoms with Crippen LogP contribution in [-0.2, 0) is 21.2 Å². The molecular weight excluding hydrogens is 262 g/mol. The summed E-state index contributed by atoms with van der Waals surface area (Å²) >= 11 is 0. The van der Waals surface area contributed by atoms with E-state index >= 15 is 0 Å². The van der Waals surface area contributed by atoms with Crippen LogP contribution in [-0.4, -0.2) is 20.7 Å². The minimum atomic E-state index is -3.58. The average Bonchev–Trinajstić information content (AvgIpc) is 2.36. The van der Waals surface area contributed by atoms with Gasteiger partial charge in [0, 0.05) is 6.42 Å². The number of rotatable bonds is 7. The van der Waals surface area contributed by atoms with E-state index in [1.54, 1.807) is 19.1 Å². The van der Waals surface area contributed by atoms with Crippen LogP contribution in [0.3, 0.4) is 0 Å². The van der Waals surface area contributed by atoms with Crippen molar-refractivity contribution in [1.82, 2.24) is 4.72 Å². The molecule has 0 saturated heterocycles. The fourth-order valence-corrected chi connectivity index (χ4v) is 2.67. The Morgan fingerprint density at radius 1 is 1.21 bits per heavy atom. The van der Waals surface area contributed by atoms with Gasteiger partial charge in [-0.25, -0.2) is 13.1 Å². The Labute approximate surface area is 115 Å². The number of carbonyl (C=O) groups excluding carboxylic acids is 1. The summed E-state index contributed by atoms with van der Waals surface area (Å²) in [5.41, 5.74) is 1.11. The zero-order valence-corrected chi connectivity index (χ0v) is 12.5. The van der Waals surface area contributed by atoms with Gasteiger partial charge < -0.3 is 0 Å². The van der Waals surface area contributed by atoms with Gasteiger partial charge in [-0.2, -0.15) is 0 Å². The molecular formula is C14H21NO3S. The molecule has 0 unspecified atom stereocenters. The molecule has 0 atom stereocenters. The molecule has 1 N–H and O–H groups in total. The van der Waals surface area contributed by atoms with Crippen LogP contribution in [0.5, 0.6) is 0 Å². The summed E-state index contributed by atoms with van der Waals surface area (Å²) < 4.78 is 26.2. The van der Waals surface area contributed by atoms with Crippen molar-refractivity contribution in [2.24, 2.45) is 5.92 Å². The molecule has 0 aliphatic carbocycles. The Bertz CT molecular complexity index is 518. The lowest BCUT2D eigenvalue weighted by atomic mass is 10.0. The Balaban J connectivity index is 2.76. The van der Waals surface area contributed by atoms with E-state index in [0.717, 1.165) is 12.0 Å². The van der Waals surface area contributed by atoms with Gasteiger partial charge in [0.15, 0.2) is 0 Å². The molecule has 106 valence electrons. The number of Topliss-reactive ketones (excluding diaryl/α,β-unsaturated/α-hetero) is 1. The lowest BCUT2D eigenvalue weighted by molar-refractivity contribution is -0.117. The summed E-state index contributed by atoms with van der Waals surface area (Å²) in [6.45, 7) is 5.79. The van der Waals surface area contributed by atoms with Gasteiger partial charge in [0.05, 0.1) is 11.4 Å². The SMILES string of the molecule is CCC(=O)CNS(=O)(=O)c1ccc(CC(C)C)cc1. The van der Waals surface area contributed by atoms with Gasteiger partial charge in [0.2, 0.25) is 10.0 Å². The van der Waals surface area contributed by atoms with Gasteiger partial charge in [-0.05, 0) is 30.0 Å². The maximum atomic E-state index is 11.9. The highest BCUT2D eigenvalue weighted by atomic mass is 32.2. The van der Waals surface area contributed by atoms with E-state index in [1.165, 1.54) is 0 Å². The topological polar surface area (TPSA) is 63.2 Å². The maximum absolute atomic E-state index is 11.9. The first-order valence-electron chi connectivity index (χ1n) is 6.45. The number of benzene rings is 1. The number of ketones is 1. The van der Waals surface area contributed by atoms with Crippen LogP contribution >= 0.6 is 0 Å². The third-order valence-corrected chi connectivity index (χ3v) is 4.15. The first-order chi connectivity index (χ1) is 8.85. The second kappa shape index (κ2) is 6.82. The molecule has 0 aliphatic heterocycles. The number of hydrogen-bond acceptors (Lipinski definition) is 3. The molecule has 0 heterocycles. The number of nitrogens with one attached hydrogen (secondary N) is 1. The van der Waals surface area contributed by atoms with E-state index in [0.29, 0.717) is 12.3 Å². The molecule has 1 aromatic rings. The zero-order valence-electron chi connectivity index (χ0n) is 11.6. The van der Waals surface area contributed by atoms with Gasteiger partial charge in [-0.1, -0.05) is 32.9 Å². The largest absolute Gasteiger partial charge is 0.298 e. The van der Waals surface area contributed by atoms with E-state index in [4.69, 9.17) is 0 Å². The molecule has 0 spiro atoms. The monoisotopic (exact) mass is 283 g/mol. The summed E-state index contributed by atoms with van der Waals surface area (Å²) in [6.07, 6.45) is 1.25. The molecule has 0 saturated carbocycles. The Morgan fingerprint density at radius 2 is 1.79 bits per heavy atom. The van der Waals surface area contributed by atoms with Crippen molar-refractivity contribution in [1.29, 1.82) is 0 Å². The highest BCUT2D eigenvalue weighted by molar-refractivity contribution is 7.89. The van der Waals surface area contributed by atoms with E-state index in [1.807, 2.05) is 12.1 Å². The second-order valence-electron chi connectivity index (χ2n) is 4.96. The van der Waals surface area contributed by atoms with Crippen LogP contribution in [0.2, 0.25) is 0 Å². The molecule has 0 bridgehead atoms. The molecule has 4 nitrogen and oxygen atoms in total. The number of carbonyl (C=O) groups is 1. The molecule has 0 amide bonds. The zero-order chi connectivity index (χ0) is 14.5. The van der Waals surface area contributed by atoms with Gasteiger partial charge in [-0.15, -0.1) is 0 Å². The molecule has 19 heavy (non-hydrogen) atoms. The van der Waals surface area contributed by atoms with Gasteiger partial charge in [0.25, 0.3) is 0 Å². The molecule has 0 fully saturated rings. The molecule has 5 heteroatoms. The Kier molecular flexibility index (Phi) is 5.69. The van der Waals surface area contributed by atoms with Crippen LogP contribution in [0.1, 0.15) is 32.8 Å². The fourth-order valence-electron chi connectivity index (χ4n) is 1.66. The van der Waals surface area contributed by atoms with Crippen molar-refractivity contribution >= 4 is 15.8 Å². The van der Waals surface area contributed by atoms with Crippen LogP contribution < -0.4 is 4.72 Å². The minimum absolute atomic E-state index is 0.125. The van der Waals surface area contributed by atoms with Gasteiger partial charge >= 0.3 is 0 Å². The molecule has 0 aliphatic rings. The lowest BCUT2D eigenvalue weighted by Gasteiger charge is -2.08. The molecule has 1 rings (SSSR count). The van der Waals surface area contributed by atoms with Crippen LogP contribution in [0.25, 0.3) is 0 Å². The minimum Gasteiger partial charge on any atom is -0.298 e. The van der Waals surface area contributed by atoms with Crippen molar-refractivity contribution < 1.29 is 13.2 Å². The lowest BCUT2D eigenvalue weighted by Crippen LogP contribution is -2.29. The summed E-state index contributed by atoms with van der Waals surface area (Å²) in [7, 11) is -3.58. The average molecular weight is 283 g/mol. The molecule has 1 aromatic carbocycles. The first kappa shape index (κ1) is 15.9. The Hall–Kier alpha value is -1.20. The quantitative estimate of drug-likeness (QED) is 0.834. The predicted molar refractivity (Wildman–Crippen MR) is 75.5 cm³/mol. The van der Waals surface area contributed by atoms with Crippen LogP contribution in [0.4, 0.5) is 0 Å². The van der Waals surface area contributed by atoms with E-state index < -0.39 is 10.0 Å². The van der Waals surface area contributed by atoms with Crippen molar-refractivity contribution in [2.75, 3.05) is 6.54 Å². The van der Waals surface area contributed by atoms with Gasteiger partial charge in [0.1, 0.15) is 5.78 Å². The summed E-state index contributed by atoms with van der Waals surface area (Å²) in [5.74, 6) is 0.405. The fraction of sp³-hybridized carbons (Fsp3) is 0.500. The van der Waals surface area contributed by atoms with Crippen molar-refractivity contribution in [2.45, 2.75) is 38.5 Å². The normalized spacial score (nSPS) is 11.8. The second-order valence-corrected chi connectivity index (χ2v) is 6.73. The third kappa shape index (κ3) is 5.12. The molecule has 0 radical (unpaired) electrons. The van der Waals surface area contributed by atoms with Crippen LogP contribution in [0, 0.1) is 5.92 Å². The maximum Gasteiger partial charge on any atom is 0.240 e. The summed E-state index contributed by atoms with van der Waals surface area (Å²) in [6, 6.07) is 6.79. The molecule has 0 aromatic heterocycles. The third-order valence-electron chi connectivity index (χ3n) is 2.73. The van der Waals surface area contributed by atoms with Crippen molar-refractivity contribution in [3.05, 3.63) is 29.8 Å². The van der Waals surface area contributed by atoms with E-state index in [2.05, 4.69) is 18.6 Å². The van der Waals surface area contributed by atoms with E-state index in [-0.39, 0.29) is 17.2 Å². The predicted octanol–water partition coefficient (Wildman–Crippen LogP) is 2.14. The highest BCUT2D eigenvalue weighted by Gasteiger charge is 2.14. The highest BCUT2D eigenvalue weighted by Crippen LogP contribution is 2.13. The van der Waals surface area contributed by atoms with Crippen molar-refractivity contribution in [3.8, 4) is 0 Å². The van der Waals surface area contributed by atoms with E-state index in [9.17, 15) is 13.2 Å². The van der Waals surface area contributed by atoms with Crippen LogP contribution in [0.15, 0.2) is 29.2 Å². The Morgan fingerprint density at radius 3 is 2.26 bits per heavy atom. The smallest absolute Gasteiger partial charge is 0.240 e. The van der Waals surface area contributed by atoms with Crippen molar-refractivity contribution in [3.63, 3.8) is 0 Å².